The maximum atomic E-state index is 13.3. The van der Waals surface area contributed by atoms with Gasteiger partial charge in [0.2, 0.25) is 0 Å². The third kappa shape index (κ3) is 3.35. The maximum absolute atomic E-state index is 13.3. The summed E-state index contributed by atoms with van der Waals surface area (Å²) in [5.41, 5.74) is 1.49. The van der Waals surface area contributed by atoms with Gasteiger partial charge in [-0.2, -0.15) is 0 Å². The van der Waals surface area contributed by atoms with E-state index in [2.05, 4.69) is 0 Å². The summed E-state index contributed by atoms with van der Waals surface area (Å²) in [4.78, 5) is 26.2. The van der Waals surface area contributed by atoms with Gasteiger partial charge in [0.1, 0.15) is 0 Å². The van der Waals surface area contributed by atoms with Crippen LogP contribution in [0.25, 0.3) is 0 Å². The molecule has 0 spiro atoms. The Morgan fingerprint density at radius 3 is 2.64 bits per heavy atom. The molecule has 4 nitrogen and oxygen atoms in total. The molecule has 0 N–H and O–H groups in total. The second-order valence-electron chi connectivity index (χ2n) is 5.66. The Bertz CT molecular complexity index is 856. The number of amides is 1. The van der Waals surface area contributed by atoms with Crippen molar-refractivity contribution in [3.8, 4) is 0 Å². The Hall–Kier alpha value is -2.47. The lowest BCUT2D eigenvalue weighted by atomic mass is 10.2. The number of ether oxygens (including phenoxy) is 1. The number of benzene rings is 2. The minimum absolute atomic E-state index is 0.282. The summed E-state index contributed by atoms with van der Waals surface area (Å²) in [5.74, 6) is -3.77. The van der Waals surface area contributed by atoms with Gasteiger partial charge in [-0.3, -0.25) is 4.79 Å². The predicted octanol–water partition coefficient (Wildman–Crippen LogP) is 3.75. The van der Waals surface area contributed by atoms with E-state index in [-0.39, 0.29) is 10.6 Å². The fourth-order valence-corrected chi connectivity index (χ4v) is 2.97. The summed E-state index contributed by atoms with van der Waals surface area (Å²) < 4.78 is 31.5. The zero-order valence-corrected chi connectivity index (χ0v) is 14.0. The molecule has 1 atom stereocenters. The van der Waals surface area contributed by atoms with E-state index in [1.165, 1.54) is 6.92 Å². The molecule has 2 aromatic carbocycles. The van der Waals surface area contributed by atoms with Crippen LogP contribution >= 0.6 is 11.6 Å². The standard InChI is InChI=1S/C18H14ClF2NO3/c1-10(17(23)22-7-6-11-4-2-3-5-16(11)22)25-18(24)12-8-14(20)15(21)9-13(12)19/h2-5,8-10H,6-7H2,1H3/t10-/m1/s1. The van der Waals surface area contributed by atoms with Crippen LogP contribution < -0.4 is 4.90 Å². The lowest BCUT2D eigenvalue weighted by molar-refractivity contribution is -0.126. The molecule has 0 radical (unpaired) electrons. The molecule has 0 aliphatic carbocycles. The molecule has 0 saturated carbocycles. The Labute approximate surface area is 148 Å². The number of hydrogen-bond acceptors (Lipinski definition) is 3. The Balaban J connectivity index is 1.74. The Kier molecular flexibility index (Phi) is 4.72. The van der Waals surface area contributed by atoms with Crippen molar-refractivity contribution in [1.29, 1.82) is 0 Å². The van der Waals surface area contributed by atoms with E-state index in [1.54, 1.807) is 4.90 Å². The first-order valence-electron chi connectivity index (χ1n) is 7.63. The highest BCUT2D eigenvalue weighted by molar-refractivity contribution is 6.33. The summed E-state index contributed by atoms with van der Waals surface area (Å²) in [6, 6.07) is 8.81. The van der Waals surface area contributed by atoms with Crippen LogP contribution in [0.1, 0.15) is 22.8 Å². The van der Waals surface area contributed by atoms with E-state index in [0.717, 1.165) is 17.7 Å². The number of anilines is 1. The van der Waals surface area contributed by atoms with E-state index in [4.69, 9.17) is 16.3 Å². The number of rotatable bonds is 3. The number of esters is 1. The monoisotopic (exact) mass is 365 g/mol. The van der Waals surface area contributed by atoms with Gasteiger partial charge in [0.25, 0.3) is 5.91 Å². The van der Waals surface area contributed by atoms with Crippen LogP contribution in [0.4, 0.5) is 14.5 Å². The molecule has 0 unspecified atom stereocenters. The number of halogens is 3. The summed E-state index contributed by atoms with van der Waals surface area (Å²) >= 11 is 5.75. The number of nitrogens with zero attached hydrogens (tertiary/aromatic N) is 1. The third-order valence-corrected chi connectivity index (χ3v) is 4.33. The SMILES string of the molecule is C[C@@H](OC(=O)c1cc(F)c(F)cc1Cl)C(=O)N1CCc2ccccc21. The van der Waals surface area contributed by atoms with E-state index in [1.807, 2.05) is 24.3 Å². The van der Waals surface area contributed by atoms with Crippen LogP contribution in [0, 0.1) is 11.6 Å². The fourth-order valence-electron chi connectivity index (χ4n) is 2.74. The van der Waals surface area contributed by atoms with Gasteiger partial charge in [0, 0.05) is 12.2 Å². The lowest BCUT2D eigenvalue weighted by Gasteiger charge is -2.21. The van der Waals surface area contributed by atoms with Gasteiger partial charge in [-0.25, -0.2) is 13.6 Å². The molecule has 0 bridgehead atoms. The minimum atomic E-state index is -1.22. The van der Waals surface area contributed by atoms with Crippen molar-refractivity contribution in [1.82, 2.24) is 0 Å². The number of fused-ring (bicyclic) bond motifs is 1. The molecule has 1 amide bonds. The van der Waals surface area contributed by atoms with Crippen LogP contribution in [0.2, 0.25) is 5.02 Å². The Morgan fingerprint density at radius 2 is 1.88 bits per heavy atom. The number of hydrogen-bond donors (Lipinski definition) is 0. The third-order valence-electron chi connectivity index (χ3n) is 4.01. The molecule has 1 aliphatic rings. The molecular formula is C18H14ClF2NO3. The number of carbonyl (C=O) groups excluding carboxylic acids is 2. The van der Waals surface area contributed by atoms with Crippen molar-refractivity contribution in [3.05, 3.63) is 64.2 Å². The maximum Gasteiger partial charge on any atom is 0.340 e. The molecule has 7 heteroatoms. The van der Waals surface area contributed by atoms with Gasteiger partial charge in [-0.05, 0) is 37.1 Å². The molecular weight excluding hydrogens is 352 g/mol. The van der Waals surface area contributed by atoms with Crippen LogP contribution in [-0.2, 0) is 16.0 Å². The quantitative estimate of drug-likeness (QED) is 0.614. The highest BCUT2D eigenvalue weighted by Crippen LogP contribution is 2.28. The topological polar surface area (TPSA) is 46.6 Å². The van der Waals surface area contributed by atoms with Gasteiger partial charge >= 0.3 is 5.97 Å². The Morgan fingerprint density at radius 1 is 1.20 bits per heavy atom. The van der Waals surface area contributed by atoms with E-state index in [9.17, 15) is 18.4 Å². The van der Waals surface area contributed by atoms with Crippen molar-refractivity contribution in [2.45, 2.75) is 19.4 Å². The molecule has 25 heavy (non-hydrogen) atoms. The minimum Gasteiger partial charge on any atom is -0.449 e. The summed E-state index contributed by atoms with van der Waals surface area (Å²) in [6.45, 7) is 1.92. The predicted molar refractivity (Wildman–Crippen MR) is 88.7 cm³/mol. The van der Waals surface area contributed by atoms with Gasteiger partial charge in [0.15, 0.2) is 17.7 Å². The number of para-hydroxylation sites is 1. The van der Waals surface area contributed by atoms with Crippen LogP contribution in [0.15, 0.2) is 36.4 Å². The first-order valence-corrected chi connectivity index (χ1v) is 8.01. The van der Waals surface area contributed by atoms with Gasteiger partial charge < -0.3 is 9.64 Å². The van der Waals surface area contributed by atoms with E-state index < -0.39 is 29.6 Å². The van der Waals surface area contributed by atoms with Crippen molar-refractivity contribution in [2.75, 3.05) is 11.4 Å². The van der Waals surface area contributed by atoms with Crippen LogP contribution in [0.5, 0.6) is 0 Å². The molecule has 130 valence electrons. The highest BCUT2D eigenvalue weighted by atomic mass is 35.5. The molecule has 3 rings (SSSR count). The summed E-state index contributed by atoms with van der Waals surface area (Å²) in [7, 11) is 0. The van der Waals surface area contributed by atoms with E-state index >= 15 is 0 Å². The first-order chi connectivity index (χ1) is 11.9. The lowest BCUT2D eigenvalue weighted by Crippen LogP contribution is -2.39. The second kappa shape index (κ2) is 6.80. The summed E-state index contributed by atoms with van der Waals surface area (Å²) in [6.07, 6.45) is -0.375. The van der Waals surface area contributed by atoms with Crippen molar-refractivity contribution in [2.24, 2.45) is 0 Å². The normalized spacial score (nSPS) is 14.2. The largest absolute Gasteiger partial charge is 0.449 e. The summed E-state index contributed by atoms with van der Waals surface area (Å²) in [5, 5.41) is -0.282. The molecule has 1 heterocycles. The van der Waals surface area contributed by atoms with E-state index in [0.29, 0.717) is 18.7 Å². The first kappa shape index (κ1) is 17.4. The van der Waals surface area contributed by atoms with Gasteiger partial charge in [0.05, 0.1) is 10.6 Å². The van der Waals surface area contributed by atoms with Crippen LogP contribution in [-0.4, -0.2) is 24.5 Å². The van der Waals surface area contributed by atoms with Crippen molar-refractivity contribution >= 4 is 29.2 Å². The zero-order chi connectivity index (χ0) is 18.1. The molecule has 1 aliphatic heterocycles. The van der Waals surface area contributed by atoms with Gasteiger partial charge in [-0.1, -0.05) is 29.8 Å². The number of carbonyl (C=O) groups is 2. The molecule has 0 saturated heterocycles. The van der Waals surface area contributed by atoms with Gasteiger partial charge in [-0.15, -0.1) is 0 Å². The molecule has 2 aromatic rings. The smallest absolute Gasteiger partial charge is 0.340 e. The van der Waals surface area contributed by atoms with Crippen molar-refractivity contribution < 1.29 is 23.1 Å². The zero-order valence-electron chi connectivity index (χ0n) is 13.3. The second-order valence-corrected chi connectivity index (χ2v) is 6.07. The average Bonchev–Trinajstić information content (AvgIpc) is 3.01. The fraction of sp³-hybridized carbons (Fsp3) is 0.222. The average molecular weight is 366 g/mol. The molecule has 0 fully saturated rings. The van der Waals surface area contributed by atoms with Crippen molar-refractivity contribution in [3.63, 3.8) is 0 Å². The molecule has 0 aromatic heterocycles. The van der Waals surface area contributed by atoms with Crippen LogP contribution in [0.3, 0.4) is 0 Å². The highest BCUT2D eigenvalue weighted by Gasteiger charge is 2.30.